The lowest BCUT2D eigenvalue weighted by atomic mass is 9.97. The van der Waals surface area contributed by atoms with Crippen LogP contribution in [0, 0.1) is 5.92 Å². The molecule has 0 radical (unpaired) electrons. The molecule has 1 aromatic rings. The van der Waals surface area contributed by atoms with E-state index in [1.165, 1.54) is 0 Å². The first kappa shape index (κ1) is 13.9. The Labute approximate surface area is 117 Å². The van der Waals surface area contributed by atoms with Gasteiger partial charge in [0.1, 0.15) is 0 Å². The normalized spacial score (nSPS) is 20.5. The van der Waals surface area contributed by atoms with Gasteiger partial charge in [0.25, 0.3) is 0 Å². The Morgan fingerprint density at radius 1 is 1.53 bits per heavy atom. The van der Waals surface area contributed by atoms with Crippen LogP contribution in [-0.2, 0) is 9.59 Å². The molecule has 2 unspecified atom stereocenters. The van der Waals surface area contributed by atoms with Gasteiger partial charge in [0.15, 0.2) is 0 Å². The summed E-state index contributed by atoms with van der Waals surface area (Å²) in [5, 5.41) is 6.33. The maximum absolute atomic E-state index is 12.1. The van der Waals surface area contributed by atoms with Crippen LogP contribution >= 0.6 is 11.6 Å². The van der Waals surface area contributed by atoms with Crippen LogP contribution in [0.5, 0.6) is 0 Å². The van der Waals surface area contributed by atoms with Gasteiger partial charge in [0.2, 0.25) is 11.8 Å². The number of hydrogen-bond donors (Lipinski definition) is 2. The van der Waals surface area contributed by atoms with Crippen molar-refractivity contribution in [3.63, 3.8) is 0 Å². The molecule has 0 saturated carbocycles. The molecule has 1 aliphatic heterocycles. The minimum absolute atomic E-state index is 0.0203. The van der Waals surface area contributed by atoms with Crippen LogP contribution in [0.4, 0.5) is 0 Å². The zero-order valence-electron chi connectivity index (χ0n) is 10.8. The number of halogens is 1. The van der Waals surface area contributed by atoms with E-state index in [2.05, 4.69) is 10.6 Å². The van der Waals surface area contributed by atoms with E-state index < -0.39 is 0 Å². The van der Waals surface area contributed by atoms with E-state index in [0.29, 0.717) is 24.4 Å². The molecule has 2 N–H and O–H groups in total. The largest absolute Gasteiger partial charge is 0.355 e. The Morgan fingerprint density at radius 3 is 2.95 bits per heavy atom. The SMILES string of the molecule is CC(NC(=O)C1CCC(=O)NC1)c1cccc(Cl)c1. The summed E-state index contributed by atoms with van der Waals surface area (Å²) in [6.07, 6.45) is 1.03. The average molecular weight is 281 g/mol. The predicted molar refractivity (Wildman–Crippen MR) is 73.7 cm³/mol. The second-order valence-corrected chi connectivity index (χ2v) is 5.26. The zero-order valence-corrected chi connectivity index (χ0v) is 11.5. The number of amides is 2. The van der Waals surface area contributed by atoms with Crippen LogP contribution in [0.1, 0.15) is 31.4 Å². The van der Waals surface area contributed by atoms with Gasteiger partial charge in [-0.05, 0) is 31.0 Å². The number of piperidine rings is 1. The summed E-state index contributed by atoms with van der Waals surface area (Å²) in [7, 11) is 0. The molecule has 1 aromatic carbocycles. The number of rotatable bonds is 3. The highest BCUT2D eigenvalue weighted by Gasteiger charge is 2.25. The van der Waals surface area contributed by atoms with E-state index in [1.54, 1.807) is 6.07 Å². The Hall–Kier alpha value is -1.55. The van der Waals surface area contributed by atoms with Crippen molar-refractivity contribution in [1.29, 1.82) is 0 Å². The summed E-state index contributed by atoms with van der Waals surface area (Å²) < 4.78 is 0. The molecule has 4 nitrogen and oxygen atoms in total. The lowest BCUT2D eigenvalue weighted by Gasteiger charge is -2.24. The highest BCUT2D eigenvalue weighted by Crippen LogP contribution is 2.19. The van der Waals surface area contributed by atoms with Crippen molar-refractivity contribution in [2.75, 3.05) is 6.54 Å². The molecule has 1 fully saturated rings. The summed E-state index contributed by atoms with van der Waals surface area (Å²) in [6.45, 7) is 2.35. The molecular weight excluding hydrogens is 264 g/mol. The van der Waals surface area contributed by atoms with Crippen LogP contribution in [0.3, 0.4) is 0 Å². The fourth-order valence-electron chi connectivity index (χ4n) is 2.15. The van der Waals surface area contributed by atoms with Gasteiger partial charge in [0, 0.05) is 18.0 Å². The van der Waals surface area contributed by atoms with E-state index >= 15 is 0 Å². The smallest absolute Gasteiger partial charge is 0.225 e. The first-order chi connectivity index (χ1) is 9.06. The third-order valence-corrected chi connectivity index (χ3v) is 3.58. The second-order valence-electron chi connectivity index (χ2n) is 4.82. The lowest BCUT2D eigenvalue weighted by molar-refractivity contribution is -0.129. The van der Waals surface area contributed by atoms with Crippen molar-refractivity contribution in [1.82, 2.24) is 10.6 Å². The summed E-state index contributed by atoms with van der Waals surface area (Å²) in [4.78, 5) is 23.1. The van der Waals surface area contributed by atoms with Crippen molar-refractivity contribution in [3.05, 3.63) is 34.9 Å². The van der Waals surface area contributed by atoms with Gasteiger partial charge < -0.3 is 10.6 Å². The molecule has 19 heavy (non-hydrogen) atoms. The number of nitrogens with one attached hydrogen (secondary N) is 2. The van der Waals surface area contributed by atoms with Crippen LogP contribution < -0.4 is 10.6 Å². The van der Waals surface area contributed by atoms with Crippen molar-refractivity contribution in [3.8, 4) is 0 Å². The molecule has 0 aromatic heterocycles. The van der Waals surface area contributed by atoms with E-state index in [4.69, 9.17) is 11.6 Å². The minimum Gasteiger partial charge on any atom is -0.355 e. The van der Waals surface area contributed by atoms with Gasteiger partial charge >= 0.3 is 0 Å². The van der Waals surface area contributed by atoms with Crippen LogP contribution in [0.25, 0.3) is 0 Å². The quantitative estimate of drug-likeness (QED) is 0.890. The first-order valence-corrected chi connectivity index (χ1v) is 6.76. The molecule has 2 rings (SSSR count). The van der Waals surface area contributed by atoms with Crippen LogP contribution in [-0.4, -0.2) is 18.4 Å². The number of hydrogen-bond acceptors (Lipinski definition) is 2. The average Bonchev–Trinajstić information content (AvgIpc) is 2.39. The lowest BCUT2D eigenvalue weighted by Crippen LogP contribution is -2.43. The number of carbonyl (C=O) groups excluding carboxylic acids is 2. The van der Waals surface area contributed by atoms with Crippen molar-refractivity contribution < 1.29 is 9.59 Å². The maximum Gasteiger partial charge on any atom is 0.225 e. The number of carbonyl (C=O) groups is 2. The summed E-state index contributed by atoms with van der Waals surface area (Å²) in [6, 6.07) is 7.34. The molecule has 2 atom stereocenters. The number of benzene rings is 1. The fourth-order valence-corrected chi connectivity index (χ4v) is 2.35. The van der Waals surface area contributed by atoms with Gasteiger partial charge in [-0.1, -0.05) is 23.7 Å². The third kappa shape index (κ3) is 3.70. The van der Waals surface area contributed by atoms with Crippen LogP contribution in [0.2, 0.25) is 5.02 Å². The van der Waals surface area contributed by atoms with E-state index in [0.717, 1.165) is 5.56 Å². The summed E-state index contributed by atoms with van der Waals surface area (Å²) >= 11 is 5.93. The fraction of sp³-hybridized carbons (Fsp3) is 0.429. The van der Waals surface area contributed by atoms with E-state index in [9.17, 15) is 9.59 Å². The highest BCUT2D eigenvalue weighted by molar-refractivity contribution is 6.30. The monoisotopic (exact) mass is 280 g/mol. The molecular formula is C14H17ClN2O2. The minimum atomic E-state index is -0.140. The highest BCUT2D eigenvalue weighted by atomic mass is 35.5. The third-order valence-electron chi connectivity index (χ3n) is 3.34. The Bertz CT molecular complexity index is 480. The molecule has 1 saturated heterocycles. The molecule has 102 valence electrons. The van der Waals surface area contributed by atoms with Gasteiger partial charge in [-0.25, -0.2) is 0 Å². The molecule has 5 heteroatoms. The van der Waals surface area contributed by atoms with Gasteiger partial charge in [-0.15, -0.1) is 0 Å². The molecule has 1 heterocycles. The van der Waals surface area contributed by atoms with Crippen molar-refractivity contribution >= 4 is 23.4 Å². The van der Waals surface area contributed by atoms with Crippen molar-refractivity contribution in [2.24, 2.45) is 5.92 Å². The van der Waals surface area contributed by atoms with Gasteiger partial charge in [-0.2, -0.15) is 0 Å². The predicted octanol–water partition coefficient (Wildman–Crippen LogP) is 2.04. The van der Waals surface area contributed by atoms with Crippen molar-refractivity contribution in [2.45, 2.75) is 25.8 Å². The Balaban J connectivity index is 1.93. The molecule has 2 amide bonds. The van der Waals surface area contributed by atoms with Crippen LogP contribution in [0.15, 0.2) is 24.3 Å². The standard InChI is InChI=1S/C14H17ClN2O2/c1-9(10-3-2-4-12(15)7-10)17-14(19)11-5-6-13(18)16-8-11/h2-4,7,9,11H,5-6,8H2,1H3,(H,16,18)(H,17,19). The topological polar surface area (TPSA) is 58.2 Å². The molecule has 0 spiro atoms. The van der Waals surface area contributed by atoms with E-state index in [1.807, 2.05) is 25.1 Å². The summed E-state index contributed by atoms with van der Waals surface area (Å²) in [5.41, 5.74) is 0.973. The van der Waals surface area contributed by atoms with E-state index in [-0.39, 0.29) is 23.8 Å². The summed E-state index contributed by atoms with van der Waals surface area (Å²) in [5.74, 6) is -0.140. The Kier molecular flexibility index (Phi) is 4.43. The van der Waals surface area contributed by atoms with Gasteiger partial charge in [-0.3, -0.25) is 9.59 Å². The molecule has 0 bridgehead atoms. The molecule has 0 aliphatic carbocycles. The molecule has 1 aliphatic rings. The first-order valence-electron chi connectivity index (χ1n) is 6.39. The Morgan fingerprint density at radius 2 is 2.32 bits per heavy atom. The van der Waals surface area contributed by atoms with Gasteiger partial charge in [0.05, 0.1) is 12.0 Å². The maximum atomic E-state index is 12.1. The second kappa shape index (κ2) is 6.06. The zero-order chi connectivity index (χ0) is 13.8.